The Labute approximate surface area is 106 Å². The molecule has 0 saturated heterocycles. The first-order chi connectivity index (χ1) is 6.57. The van der Waals surface area contributed by atoms with Gasteiger partial charge in [0.1, 0.15) is 0 Å². The number of halogens is 3. The van der Waals surface area contributed by atoms with E-state index in [0.717, 1.165) is 0 Å². The number of aliphatic hydroxyl groups is 1. The molecule has 0 aliphatic rings. The highest BCUT2D eigenvalue weighted by atomic mass is 35.5. The van der Waals surface area contributed by atoms with Gasteiger partial charge in [0, 0.05) is 15.6 Å². The SMILES string of the molecule is CC[C@@H](O)[C@@H](N)c1c(Cl)cccc1Cl.Cl. The minimum Gasteiger partial charge on any atom is -0.391 e. The molecule has 2 atom stereocenters. The molecule has 0 saturated carbocycles. The summed E-state index contributed by atoms with van der Waals surface area (Å²) in [6.45, 7) is 1.86. The maximum absolute atomic E-state index is 9.59. The number of nitrogens with two attached hydrogens (primary N) is 1. The van der Waals surface area contributed by atoms with Crippen molar-refractivity contribution in [1.29, 1.82) is 0 Å². The quantitative estimate of drug-likeness (QED) is 0.886. The standard InChI is InChI=1S/C10H13Cl2NO.ClH/c1-2-8(14)10(13)9-6(11)4-3-5-7(9)12;/h3-5,8,10,14H,2,13H2,1H3;1H/t8-,10-;/m1./s1. The molecule has 0 amide bonds. The van der Waals surface area contributed by atoms with E-state index in [9.17, 15) is 5.11 Å². The van der Waals surface area contributed by atoms with E-state index in [1.54, 1.807) is 18.2 Å². The van der Waals surface area contributed by atoms with Gasteiger partial charge in [-0.1, -0.05) is 36.2 Å². The second-order valence-corrected chi connectivity index (χ2v) is 3.95. The van der Waals surface area contributed by atoms with Gasteiger partial charge < -0.3 is 10.8 Å². The average molecular weight is 271 g/mol. The molecular weight excluding hydrogens is 256 g/mol. The van der Waals surface area contributed by atoms with Crippen molar-refractivity contribution in [3.63, 3.8) is 0 Å². The summed E-state index contributed by atoms with van der Waals surface area (Å²) in [5, 5.41) is 10.6. The van der Waals surface area contributed by atoms with Crippen LogP contribution < -0.4 is 5.73 Å². The number of rotatable bonds is 3. The first-order valence-corrected chi connectivity index (χ1v) is 5.21. The highest BCUT2D eigenvalue weighted by Gasteiger charge is 2.20. The lowest BCUT2D eigenvalue weighted by molar-refractivity contribution is 0.141. The van der Waals surface area contributed by atoms with Gasteiger partial charge >= 0.3 is 0 Å². The monoisotopic (exact) mass is 269 g/mol. The lowest BCUT2D eigenvalue weighted by Crippen LogP contribution is -2.26. The second kappa shape index (κ2) is 6.56. The lowest BCUT2D eigenvalue weighted by Gasteiger charge is -2.19. The first kappa shape index (κ1) is 15.0. The van der Waals surface area contributed by atoms with Crippen LogP contribution in [0.4, 0.5) is 0 Å². The Morgan fingerprint density at radius 1 is 1.33 bits per heavy atom. The molecule has 5 heteroatoms. The van der Waals surface area contributed by atoms with Crippen molar-refractivity contribution in [3.8, 4) is 0 Å². The predicted molar refractivity (Wildman–Crippen MR) is 66.9 cm³/mol. The molecule has 0 aromatic heterocycles. The van der Waals surface area contributed by atoms with Gasteiger partial charge in [0.2, 0.25) is 0 Å². The Kier molecular flexibility index (Phi) is 6.57. The van der Waals surface area contributed by atoms with Crippen LogP contribution in [0.1, 0.15) is 24.9 Å². The van der Waals surface area contributed by atoms with E-state index in [4.69, 9.17) is 28.9 Å². The van der Waals surface area contributed by atoms with Crippen LogP contribution in [0.25, 0.3) is 0 Å². The number of hydrogen-bond donors (Lipinski definition) is 2. The summed E-state index contributed by atoms with van der Waals surface area (Å²) in [7, 11) is 0. The summed E-state index contributed by atoms with van der Waals surface area (Å²) in [6, 6.07) is 4.65. The molecule has 1 aromatic rings. The maximum atomic E-state index is 9.59. The molecule has 1 aromatic carbocycles. The number of hydrogen-bond acceptors (Lipinski definition) is 2. The van der Waals surface area contributed by atoms with Crippen LogP contribution in [0.3, 0.4) is 0 Å². The van der Waals surface area contributed by atoms with E-state index in [1.165, 1.54) is 0 Å². The van der Waals surface area contributed by atoms with E-state index in [-0.39, 0.29) is 12.4 Å². The lowest BCUT2D eigenvalue weighted by atomic mass is 10.0. The Hall–Kier alpha value is 0.01000. The topological polar surface area (TPSA) is 46.2 Å². The summed E-state index contributed by atoms with van der Waals surface area (Å²) >= 11 is 11.9. The third kappa shape index (κ3) is 3.51. The Bertz CT molecular complexity index is 299. The molecule has 0 unspecified atom stereocenters. The number of benzene rings is 1. The summed E-state index contributed by atoms with van der Waals surface area (Å²) < 4.78 is 0. The molecule has 1 rings (SSSR count). The minimum absolute atomic E-state index is 0. The molecule has 0 fully saturated rings. The minimum atomic E-state index is -0.618. The molecule has 86 valence electrons. The van der Waals surface area contributed by atoms with Crippen molar-refractivity contribution in [2.75, 3.05) is 0 Å². The molecule has 0 aliphatic carbocycles. The zero-order valence-corrected chi connectivity index (χ0v) is 10.6. The van der Waals surface area contributed by atoms with E-state index < -0.39 is 12.1 Å². The first-order valence-electron chi connectivity index (χ1n) is 4.45. The molecule has 0 bridgehead atoms. The van der Waals surface area contributed by atoms with Gasteiger partial charge in [-0.2, -0.15) is 0 Å². The smallest absolute Gasteiger partial charge is 0.0731 e. The van der Waals surface area contributed by atoms with Crippen molar-refractivity contribution in [1.82, 2.24) is 0 Å². The molecule has 0 radical (unpaired) electrons. The van der Waals surface area contributed by atoms with Crippen molar-refractivity contribution >= 4 is 35.6 Å². The van der Waals surface area contributed by atoms with Gasteiger partial charge in [-0.25, -0.2) is 0 Å². The van der Waals surface area contributed by atoms with Crippen molar-refractivity contribution in [2.24, 2.45) is 5.73 Å². The van der Waals surface area contributed by atoms with Crippen LogP contribution in [0.5, 0.6) is 0 Å². The second-order valence-electron chi connectivity index (χ2n) is 3.14. The molecule has 2 nitrogen and oxygen atoms in total. The van der Waals surface area contributed by atoms with Gasteiger partial charge in [0.15, 0.2) is 0 Å². The maximum Gasteiger partial charge on any atom is 0.0731 e. The normalized spacial score (nSPS) is 14.2. The predicted octanol–water partition coefficient (Wildman–Crippen LogP) is 3.19. The summed E-state index contributed by atoms with van der Waals surface area (Å²) in [5.41, 5.74) is 6.45. The van der Waals surface area contributed by atoms with Gasteiger partial charge in [-0.3, -0.25) is 0 Å². The highest BCUT2D eigenvalue weighted by molar-refractivity contribution is 6.36. The fourth-order valence-corrected chi connectivity index (χ4v) is 1.92. The fourth-order valence-electron chi connectivity index (χ4n) is 1.28. The van der Waals surface area contributed by atoms with Crippen LogP contribution in [-0.4, -0.2) is 11.2 Å². The summed E-state index contributed by atoms with van der Waals surface area (Å²) in [4.78, 5) is 0. The van der Waals surface area contributed by atoms with Crippen LogP contribution in [0.2, 0.25) is 10.0 Å². The van der Waals surface area contributed by atoms with E-state index in [1.807, 2.05) is 6.92 Å². The molecule has 0 aliphatic heterocycles. The number of aliphatic hydroxyl groups excluding tert-OH is 1. The third-order valence-electron chi connectivity index (χ3n) is 2.17. The Morgan fingerprint density at radius 3 is 2.20 bits per heavy atom. The van der Waals surface area contributed by atoms with Crippen LogP contribution >= 0.6 is 35.6 Å². The van der Waals surface area contributed by atoms with Crippen molar-refractivity contribution < 1.29 is 5.11 Å². The van der Waals surface area contributed by atoms with E-state index in [0.29, 0.717) is 22.0 Å². The van der Waals surface area contributed by atoms with Crippen LogP contribution in [0.15, 0.2) is 18.2 Å². The van der Waals surface area contributed by atoms with Gasteiger partial charge in [0.05, 0.1) is 12.1 Å². The van der Waals surface area contributed by atoms with Crippen LogP contribution in [-0.2, 0) is 0 Å². The molecule has 0 spiro atoms. The zero-order chi connectivity index (χ0) is 10.7. The Balaban J connectivity index is 0.00000196. The van der Waals surface area contributed by atoms with E-state index in [2.05, 4.69) is 0 Å². The van der Waals surface area contributed by atoms with Crippen LogP contribution in [0, 0.1) is 0 Å². The molecular formula is C10H14Cl3NO. The summed E-state index contributed by atoms with van der Waals surface area (Å²) in [6.07, 6.45) is -0.0460. The van der Waals surface area contributed by atoms with Gasteiger partial charge in [-0.15, -0.1) is 12.4 Å². The van der Waals surface area contributed by atoms with Gasteiger partial charge in [0.25, 0.3) is 0 Å². The molecule has 3 N–H and O–H groups in total. The van der Waals surface area contributed by atoms with E-state index >= 15 is 0 Å². The summed E-state index contributed by atoms with van der Waals surface area (Å²) in [5.74, 6) is 0. The molecule has 0 heterocycles. The molecule has 15 heavy (non-hydrogen) atoms. The fraction of sp³-hybridized carbons (Fsp3) is 0.400. The largest absolute Gasteiger partial charge is 0.391 e. The van der Waals surface area contributed by atoms with Gasteiger partial charge in [-0.05, 0) is 18.6 Å². The average Bonchev–Trinajstić information content (AvgIpc) is 2.16. The highest BCUT2D eigenvalue weighted by Crippen LogP contribution is 2.31. The van der Waals surface area contributed by atoms with Crippen molar-refractivity contribution in [3.05, 3.63) is 33.8 Å². The Morgan fingerprint density at radius 2 is 1.80 bits per heavy atom. The van der Waals surface area contributed by atoms with Crippen molar-refractivity contribution in [2.45, 2.75) is 25.5 Å². The third-order valence-corrected chi connectivity index (χ3v) is 2.83. The zero-order valence-electron chi connectivity index (χ0n) is 8.28.